The minimum absolute atomic E-state index is 0.0352. The van der Waals surface area contributed by atoms with E-state index in [0.717, 1.165) is 6.42 Å². The number of hydrogen-bond donors (Lipinski definition) is 1. The fraction of sp³-hybridized carbons (Fsp3) is 0.524. The summed E-state index contributed by atoms with van der Waals surface area (Å²) in [5.74, 6) is -1.74. The zero-order valence-corrected chi connectivity index (χ0v) is 16.6. The maximum atomic E-state index is 12.6. The number of carbonyl (C=O) groups excluding carboxylic acids is 4. The Morgan fingerprint density at radius 2 is 1.66 bits per heavy atom. The lowest BCUT2D eigenvalue weighted by Gasteiger charge is -2.40. The van der Waals surface area contributed by atoms with E-state index in [0.29, 0.717) is 23.8 Å². The van der Waals surface area contributed by atoms with E-state index in [1.165, 1.54) is 12.1 Å². The van der Waals surface area contributed by atoms with E-state index < -0.39 is 35.4 Å². The highest BCUT2D eigenvalue weighted by Crippen LogP contribution is 2.50. The smallest absolute Gasteiger partial charge is 0.407 e. The predicted octanol–water partition coefficient (Wildman–Crippen LogP) is 2.68. The molecule has 1 N–H and O–H groups in total. The first-order valence-electron chi connectivity index (χ1n) is 9.83. The molecule has 154 valence electrons. The Hall–Kier alpha value is -2.90. The Balaban J connectivity index is 1.33. The molecule has 1 unspecified atom stereocenters. The molecule has 1 aliphatic heterocycles. The third kappa shape index (κ3) is 3.59. The molecule has 8 nitrogen and oxygen atoms in total. The van der Waals surface area contributed by atoms with Crippen molar-refractivity contribution in [1.29, 1.82) is 0 Å². The van der Waals surface area contributed by atoms with Gasteiger partial charge in [0, 0.05) is 6.04 Å². The van der Waals surface area contributed by atoms with E-state index in [1.807, 2.05) is 0 Å². The molecule has 2 saturated carbocycles. The van der Waals surface area contributed by atoms with Crippen LogP contribution in [0.25, 0.3) is 0 Å². The van der Waals surface area contributed by atoms with Gasteiger partial charge in [-0.15, -0.1) is 0 Å². The number of nitrogens with zero attached hydrogens (tertiary/aromatic N) is 1. The van der Waals surface area contributed by atoms with Gasteiger partial charge in [0.1, 0.15) is 5.60 Å². The maximum absolute atomic E-state index is 12.6. The van der Waals surface area contributed by atoms with E-state index in [-0.39, 0.29) is 23.1 Å². The molecular formula is C21H24N2O6. The van der Waals surface area contributed by atoms with Crippen molar-refractivity contribution in [1.82, 2.24) is 10.4 Å². The van der Waals surface area contributed by atoms with Crippen LogP contribution in [0.5, 0.6) is 0 Å². The molecule has 0 radical (unpaired) electrons. The zero-order chi connectivity index (χ0) is 20.9. The molecule has 0 spiro atoms. The lowest BCUT2D eigenvalue weighted by Crippen LogP contribution is -2.51. The summed E-state index contributed by atoms with van der Waals surface area (Å²) in [6.07, 6.45) is 1.49. The van der Waals surface area contributed by atoms with E-state index in [4.69, 9.17) is 9.57 Å². The minimum atomic E-state index is -0.621. The van der Waals surface area contributed by atoms with Crippen molar-refractivity contribution in [3.63, 3.8) is 0 Å². The van der Waals surface area contributed by atoms with Crippen LogP contribution in [0.1, 0.15) is 60.7 Å². The molecule has 2 fully saturated rings. The van der Waals surface area contributed by atoms with Crippen LogP contribution in [0, 0.1) is 17.8 Å². The lowest BCUT2D eigenvalue weighted by molar-refractivity contribution is -0.173. The first-order chi connectivity index (χ1) is 13.6. The van der Waals surface area contributed by atoms with Gasteiger partial charge in [0.15, 0.2) is 0 Å². The summed E-state index contributed by atoms with van der Waals surface area (Å²) in [7, 11) is 0. The number of nitrogens with one attached hydrogen (secondary N) is 1. The van der Waals surface area contributed by atoms with Gasteiger partial charge in [-0.3, -0.25) is 9.59 Å². The van der Waals surface area contributed by atoms with Crippen molar-refractivity contribution in [2.75, 3.05) is 0 Å². The van der Waals surface area contributed by atoms with Gasteiger partial charge < -0.3 is 14.9 Å². The molecule has 3 amide bonds. The summed E-state index contributed by atoms with van der Waals surface area (Å²) in [4.78, 5) is 54.5. The number of amides is 3. The van der Waals surface area contributed by atoms with Gasteiger partial charge in [-0.05, 0) is 64.0 Å². The van der Waals surface area contributed by atoms with Gasteiger partial charge in [-0.2, -0.15) is 0 Å². The molecule has 8 heteroatoms. The van der Waals surface area contributed by atoms with Crippen molar-refractivity contribution >= 4 is 23.9 Å². The van der Waals surface area contributed by atoms with Crippen molar-refractivity contribution in [2.24, 2.45) is 17.8 Å². The molecule has 29 heavy (non-hydrogen) atoms. The fourth-order valence-electron chi connectivity index (χ4n) is 4.46. The predicted molar refractivity (Wildman–Crippen MR) is 101 cm³/mol. The highest BCUT2D eigenvalue weighted by Gasteiger charge is 2.51. The van der Waals surface area contributed by atoms with Gasteiger partial charge >= 0.3 is 12.1 Å². The second-order valence-electron chi connectivity index (χ2n) is 8.94. The molecule has 0 aromatic heterocycles. The summed E-state index contributed by atoms with van der Waals surface area (Å²) in [5, 5.41) is 3.43. The van der Waals surface area contributed by atoms with Crippen LogP contribution in [-0.2, 0) is 14.4 Å². The average molecular weight is 400 g/mol. The van der Waals surface area contributed by atoms with E-state index in [1.54, 1.807) is 32.9 Å². The third-order valence-corrected chi connectivity index (χ3v) is 5.80. The first-order valence-corrected chi connectivity index (χ1v) is 9.83. The second kappa shape index (κ2) is 6.86. The molecule has 1 aromatic carbocycles. The Morgan fingerprint density at radius 3 is 2.24 bits per heavy atom. The van der Waals surface area contributed by atoms with Crippen LogP contribution >= 0.6 is 0 Å². The summed E-state index contributed by atoms with van der Waals surface area (Å²) in [6, 6.07) is 6.34. The second-order valence-corrected chi connectivity index (χ2v) is 8.94. The summed E-state index contributed by atoms with van der Waals surface area (Å²) < 4.78 is 5.29. The Labute approximate surface area is 168 Å². The number of alkyl carbamates (subject to hydrolysis) is 1. The fourth-order valence-corrected chi connectivity index (χ4v) is 4.46. The van der Waals surface area contributed by atoms with Crippen LogP contribution in [0.3, 0.4) is 0 Å². The van der Waals surface area contributed by atoms with Crippen LogP contribution < -0.4 is 5.32 Å². The standard InChI is InChI=1S/C21H24N2O6/c1-21(2,3)28-20(27)22-16-10-11-8-12(9-15(11)16)19(26)29-23-17(24)13-6-4-5-7-14(13)18(23)25/h4-7,11-12,15-16H,8-10H2,1-3H3,(H,22,27)/t11-,12?,15-,16+/m1/s1. The zero-order valence-electron chi connectivity index (χ0n) is 16.6. The van der Waals surface area contributed by atoms with Crippen molar-refractivity contribution in [2.45, 2.75) is 51.7 Å². The van der Waals surface area contributed by atoms with Gasteiger partial charge in [-0.25, -0.2) is 9.59 Å². The molecular weight excluding hydrogens is 376 g/mol. The molecule has 1 aromatic rings. The number of ether oxygens (including phenoxy) is 1. The largest absolute Gasteiger partial charge is 0.444 e. The highest BCUT2D eigenvalue weighted by atomic mass is 16.7. The van der Waals surface area contributed by atoms with Gasteiger partial charge in [0.05, 0.1) is 17.0 Å². The Kier molecular flexibility index (Phi) is 4.59. The number of imide groups is 1. The topological polar surface area (TPSA) is 102 Å². The van der Waals surface area contributed by atoms with Crippen LogP contribution in [0.15, 0.2) is 24.3 Å². The monoisotopic (exact) mass is 400 g/mol. The summed E-state index contributed by atoms with van der Waals surface area (Å²) in [5.41, 5.74) is -0.0985. The molecule has 0 saturated heterocycles. The number of benzene rings is 1. The van der Waals surface area contributed by atoms with Crippen LogP contribution in [0.4, 0.5) is 4.79 Å². The molecule has 0 bridgehead atoms. The number of rotatable bonds is 3. The first kappa shape index (κ1) is 19.4. The third-order valence-electron chi connectivity index (χ3n) is 5.80. The van der Waals surface area contributed by atoms with E-state index in [2.05, 4.69) is 5.32 Å². The van der Waals surface area contributed by atoms with E-state index >= 15 is 0 Å². The van der Waals surface area contributed by atoms with Crippen molar-refractivity contribution in [3.8, 4) is 0 Å². The van der Waals surface area contributed by atoms with Crippen LogP contribution in [0.2, 0.25) is 0 Å². The van der Waals surface area contributed by atoms with E-state index in [9.17, 15) is 19.2 Å². The highest BCUT2D eigenvalue weighted by molar-refractivity contribution is 6.20. The average Bonchev–Trinajstić information content (AvgIpc) is 3.09. The molecule has 2 aliphatic carbocycles. The number of hydroxylamine groups is 2. The Morgan fingerprint density at radius 1 is 1.03 bits per heavy atom. The minimum Gasteiger partial charge on any atom is -0.444 e. The van der Waals surface area contributed by atoms with Crippen molar-refractivity contribution < 1.29 is 28.8 Å². The maximum Gasteiger partial charge on any atom is 0.407 e. The Bertz CT molecular complexity index is 854. The van der Waals surface area contributed by atoms with Gasteiger partial charge in [-0.1, -0.05) is 17.2 Å². The SMILES string of the molecule is CC(C)(C)OC(=O)N[C@H]1C[C@H]2CC(C(=O)ON3C(=O)c4ccccc4C3=O)C[C@H]21. The summed E-state index contributed by atoms with van der Waals surface area (Å²) >= 11 is 0. The number of hydrogen-bond acceptors (Lipinski definition) is 6. The number of carbonyl (C=O) groups is 4. The quantitative estimate of drug-likeness (QED) is 0.783. The number of fused-ring (bicyclic) bond motifs is 2. The van der Waals surface area contributed by atoms with Crippen LogP contribution in [-0.4, -0.2) is 40.6 Å². The summed E-state index contributed by atoms with van der Waals surface area (Å²) in [6.45, 7) is 5.41. The van der Waals surface area contributed by atoms with Gasteiger partial charge in [0.2, 0.25) is 0 Å². The molecule has 4 rings (SSSR count). The lowest BCUT2D eigenvalue weighted by atomic mass is 9.71. The van der Waals surface area contributed by atoms with Gasteiger partial charge in [0.25, 0.3) is 11.8 Å². The van der Waals surface area contributed by atoms with Crippen molar-refractivity contribution in [3.05, 3.63) is 35.4 Å². The molecule has 1 heterocycles. The normalized spacial score (nSPS) is 27.8. The molecule has 3 aliphatic rings. The molecule has 4 atom stereocenters.